The Balaban J connectivity index is 0.000000510. The Bertz CT molecular complexity index is 1300. The van der Waals surface area contributed by atoms with E-state index in [1.165, 1.54) is 16.3 Å². The second kappa shape index (κ2) is 15.0. The molecule has 200 valence electrons. The molecular weight excluding hydrogens is 561 g/mol. The van der Waals surface area contributed by atoms with Crippen molar-refractivity contribution in [1.82, 2.24) is 0 Å². The molecule has 2 aliphatic carbocycles. The van der Waals surface area contributed by atoms with Crippen LogP contribution in [-0.2, 0) is 21.8 Å². The van der Waals surface area contributed by atoms with Crippen LogP contribution in [0.25, 0.3) is 0 Å². The molecule has 2 fully saturated rings. The van der Waals surface area contributed by atoms with Crippen molar-refractivity contribution < 1.29 is 21.8 Å². The molecule has 41 heavy (non-hydrogen) atoms. The Kier molecular flexibility index (Phi) is 10.9. The van der Waals surface area contributed by atoms with Gasteiger partial charge in [-0.15, -0.1) is 0 Å². The Morgan fingerprint density at radius 2 is 0.976 bits per heavy atom. The van der Waals surface area contributed by atoms with Crippen LogP contribution in [-0.4, -0.2) is 5.90 Å². The minimum absolute atomic E-state index is 0. The van der Waals surface area contributed by atoms with Gasteiger partial charge >= 0.3 is 17.1 Å². The van der Waals surface area contributed by atoms with E-state index in [0.717, 1.165) is 22.9 Å². The maximum Gasteiger partial charge on any atom is 2.00 e. The van der Waals surface area contributed by atoms with E-state index in [1.54, 1.807) is 0 Å². The van der Waals surface area contributed by atoms with E-state index >= 15 is 0 Å². The maximum atomic E-state index is 6.68. The molecule has 0 saturated heterocycles. The molecule has 1 heterocycles. The molecule has 2 saturated carbocycles. The Morgan fingerprint density at radius 1 is 0.512 bits per heavy atom. The summed E-state index contributed by atoms with van der Waals surface area (Å²) in [4.78, 5) is 5.19. The van der Waals surface area contributed by atoms with Gasteiger partial charge in [0, 0.05) is 5.66 Å². The molecule has 10 radical (unpaired) electrons. The number of rotatable bonds is 6. The van der Waals surface area contributed by atoms with Gasteiger partial charge < -0.3 is 4.74 Å². The van der Waals surface area contributed by atoms with Crippen LogP contribution in [0.2, 0.25) is 0 Å². The molecular formula is C37H30FeNOP+2. The molecule has 4 heteroatoms. The number of hydrogen-bond acceptors (Lipinski definition) is 2. The SMILES string of the molecule is [CH]1[CH][CH][CH][CH]1.[CH]1[CH][C](C2=NC(c3ccccc3)C(c3ccccc3)O2)[C](P(c2ccccc2)c2ccccc2)[CH]1.[Fe+2]. The van der Waals surface area contributed by atoms with E-state index < -0.39 is 7.92 Å². The predicted octanol–water partition coefficient (Wildman–Crippen LogP) is 7.78. The van der Waals surface area contributed by atoms with Gasteiger partial charge in [-0.25, -0.2) is 4.99 Å². The molecule has 0 spiro atoms. The van der Waals surface area contributed by atoms with Gasteiger partial charge in [0.25, 0.3) is 0 Å². The Hall–Kier alpha value is -2.70. The van der Waals surface area contributed by atoms with Gasteiger partial charge in [-0.1, -0.05) is 121 Å². The van der Waals surface area contributed by atoms with Crippen molar-refractivity contribution in [3.8, 4) is 0 Å². The van der Waals surface area contributed by atoms with Crippen LogP contribution in [0.1, 0.15) is 23.3 Å². The van der Waals surface area contributed by atoms with Crippen molar-refractivity contribution in [2.24, 2.45) is 4.99 Å². The van der Waals surface area contributed by atoms with Crippen molar-refractivity contribution >= 4 is 24.4 Å². The fraction of sp³-hybridized carbons (Fsp3) is 0.0541. The van der Waals surface area contributed by atoms with Crippen molar-refractivity contribution in [2.75, 3.05) is 0 Å². The van der Waals surface area contributed by atoms with Crippen LogP contribution in [0, 0.1) is 62.9 Å². The van der Waals surface area contributed by atoms with Crippen molar-refractivity contribution in [3.05, 3.63) is 195 Å². The number of benzene rings is 4. The molecule has 4 aromatic carbocycles. The molecule has 0 N–H and O–H groups in total. The third-order valence-electron chi connectivity index (χ3n) is 6.90. The van der Waals surface area contributed by atoms with E-state index in [4.69, 9.17) is 9.73 Å². The van der Waals surface area contributed by atoms with Crippen molar-refractivity contribution in [2.45, 2.75) is 12.1 Å². The second-order valence-corrected chi connectivity index (χ2v) is 11.7. The average Bonchev–Trinajstić information content (AvgIpc) is 3.83. The number of hydrogen-bond donors (Lipinski definition) is 0. The third-order valence-corrected chi connectivity index (χ3v) is 9.40. The average molecular weight is 591 g/mol. The van der Waals surface area contributed by atoms with Crippen LogP contribution >= 0.6 is 7.92 Å². The summed E-state index contributed by atoms with van der Waals surface area (Å²) in [7, 11) is -0.744. The standard InChI is InChI=1S/C32H25NOP.C5H5.Fe/c1-5-14-24(15-6-1)30-31(25-16-7-2-8-17-25)34-32(33-30)28-22-13-23-29(28)35(26-18-9-3-10-19-26)27-20-11-4-12-21-27;1-2-4-5-3-1;/h1-23,30-31H;1-5H;/q;;+2. The third kappa shape index (κ3) is 7.21. The summed E-state index contributed by atoms with van der Waals surface area (Å²) in [5.41, 5.74) is 3.58. The molecule has 3 aliphatic rings. The van der Waals surface area contributed by atoms with Gasteiger partial charge in [-0.2, -0.15) is 0 Å². The first kappa shape index (κ1) is 29.8. The number of nitrogens with zero attached hydrogens (tertiary/aromatic N) is 1. The maximum absolute atomic E-state index is 6.68. The quantitative estimate of drug-likeness (QED) is 0.166. The summed E-state index contributed by atoms with van der Waals surface area (Å²) in [6.07, 6.45) is 16.4. The summed E-state index contributed by atoms with van der Waals surface area (Å²) >= 11 is 0. The summed E-state index contributed by atoms with van der Waals surface area (Å²) in [5.74, 6) is 1.82. The van der Waals surface area contributed by atoms with Crippen molar-refractivity contribution in [1.29, 1.82) is 0 Å². The summed E-state index contributed by atoms with van der Waals surface area (Å²) < 4.78 is 6.68. The Morgan fingerprint density at radius 3 is 1.49 bits per heavy atom. The van der Waals surface area contributed by atoms with E-state index in [0.29, 0.717) is 0 Å². The first-order valence-electron chi connectivity index (χ1n) is 13.6. The predicted molar refractivity (Wildman–Crippen MR) is 167 cm³/mol. The molecule has 0 bridgehead atoms. The molecule has 2 nitrogen and oxygen atoms in total. The zero-order valence-electron chi connectivity index (χ0n) is 22.5. The van der Waals surface area contributed by atoms with E-state index in [9.17, 15) is 0 Å². The molecule has 2 atom stereocenters. The van der Waals surface area contributed by atoms with E-state index in [2.05, 4.69) is 128 Å². The largest absolute Gasteiger partial charge is 2.00 e. The summed E-state index contributed by atoms with van der Waals surface area (Å²) in [5, 5.41) is 2.64. The van der Waals surface area contributed by atoms with Crippen LogP contribution in [0.3, 0.4) is 0 Å². The molecule has 1 aliphatic heterocycles. The van der Waals surface area contributed by atoms with Gasteiger partial charge in [-0.3, -0.25) is 0 Å². The Labute approximate surface area is 257 Å². The van der Waals surface area contributed by atoms with Crippen LogP contribution in [0.4, 0.5) is 0 Å². The first-order valence-corrected chi connectivity index (χ1v) is 14.9. The second-order valence-electron chi connectivity index (χ2n) is 9.53. The summed E-state index contributed by atoms with van der Waals surface area (Å²) in [6, 6.07) is 42.4. The minimum Gasteiger partial charge on any atom is -0.470 e. The monoisotopic (exact) mass is 591 g/mol. The fourth-order valence-corrected chi connectivity index (χ4v) is 7.46. The van der Waals surface area contributed by atoms with Crippen molar-refractivity contribution in [3.63, 3.8) is 0 Å². The van der Waals surface area contributed by atoms with Crippen LogP contribution in [0.15, 0.2) is 126 Å². The van der Waals surface area contributed by atoms with Crippen LogP contribution < -0.4 is 10.6 Å². The van der Waals surface area contributed by atoms with Crippen LogP contribution in [0.5, 0.6) is 0 Å². The van der Waals surface area contributed by atoms with E-state index in [1.807, 2.05) is 44.2 Å². The van der Waals surface area contributed by atoms with Gasteiger partial charge in [0.15, 0.2) is 12.0 Å². The first-order chi connectivity index (χ1) is 19.9. The number of ether oxygens (including phenoxy) is 1. The molecule has 0 aromatic heterocycles. The van der Waals surface area contributed by atoms with Gasteiger partial charge in [0.2, 0.25) is 0 Å². The minimum atomic E-state index is -0.744. The zero-order chi connectivity index (χ0) is 27.0. The molecule has 0 amide bonds. The molecule has 7 rings (SSSR count). The normalized spacial score (nSPS) is 20.6. The van der Waals surface area contributed by atoms with E-state index in [-0.39, 0.29) is 29.2 Å². The van der Waals surface area contributed by atoms with Gasteiger partial charge in [0.05, 0.1) is 5.92 Å². The molecule has 2 unspecified atom stereocenters. The number of aliphatic imine (C=N–C) groups is 1. The van der Waals surface area contributed by atoms with Gasteiger partial charge in [0.1, 0.15) is 6.04 Å². The van der Waals surface area contributed by atoms with Gasteiger partial charge in [-0.05, 0) is 81.0 Å². The zero-order valence-corrected chi connectivity index (χ0v) is 24.5. The topological polar surface area (TPSA) is 21.6 Å². The smallest absolute Gasteiger partial charge is 0.470 e. The molecule has 4 aromatic rings. The fourth-order valence-electron chi connectivity index (χ4n) is 5.02. The summed E-state index contributed by atoms with van der Waals surface area (Å²) in [6.45, 7) is 0.